The lowest BCUT2D eigenvalue weighted by Gasteiger charge is -2.18. The van der Waals surface area contributed by atoms with E-state index in [2.05, 4.69) is 93.7 Å². The van der Waals surface area contributed by atoms with Crippen LogP contribution in [0.1, 0.15) is 258 Å². The molecule has 0 aliphatic rings. The van der Waals surface area contributed by atoms with Crippen LogP contribution < -0.4 is 0 Å². The Balaban J connectivity index is 4.36. The van der Waals surface area contributed by atoms with Gasteiger partial charge >= 0.3 is 17.9 Å². The molecule has 0 heterocycles. The van der Waals surface area contributed by atoms with Crippen LogP contribution in [0.15, 0.2) is 72.9 Å². The molecule has 0 aromatic heterocycles. The number of esters is 3. The summed E-state index contributed by atoms with van der Waals surface area (Å²) in [6, 6.07) is 0. The molecule has 0 aromatic carbocycles. The molecule has 6 heteroatoms. The molecule has 0 saturated heterocycles. The number of carbonyl (C=O) groups excluding carboxylic acids is 3. The Morgan fingerprint density at radius 1 is 0.328 bits per heavy atom. The van der Waals surface area contributed by atoms with E-state index in [-0.39, 0.29) is 31.1 Å². The van der Waals surface area contributed by atoms with Crippen LogP contribution in [0.4, 0.5) is 0 Å². The number of carbonyl (C=O) groups is 3. The molecule has 0 spiro atoms. The zero-order chi connectivity index (χ0) is 46.5. The van der Waals surface area contributed by atoms with Crippen molar-refractivity contribution in [3.05, 3.63) is 72.9 Å². The lowest BCUT2D eigenvalue weighted by molar-refractivity contribution is -0.167. The molecule has 1 atom stereocenters. The lowest BCUT2D eigenvalue weighted by atomic mass is 10.1. The van der Waals surface area contributed by atoms with Crippen molar-refractivity contribution < 1.29 is 28.6 Å². The van der Waals surface area contributed by atoms with Crippen LogP contribution in [0.25, 0.3) is 0 Å². The van der Waals surface area contributed by atoms with E-state index in [1.165, 1.54) is 109 Å². The van der Waals surface area contributed by atoms with E-state index < -0.39 is 6.10 Å². The smallest absolute Gasteiger partial charge is 0.306 e. The van der Waals surface area contributed by atoms with Gasteiger partial charge in [-0.1, -0.05) is 209 Å². The predicted octanol–water partition coefficient (Wildman–Crippen LogP) is 17.8. The summed E-state index contributed by atoms with van der Waals surface area (Å²) in [5, 5.41) is 0. The van der Waals surface area contributed by atoms with E-state index in [1.807, 2.05) is 0 Å². The van der Waals surface area contributed by atoms with E-state index >= 15 is 0 Å². The molecule has 0 aliphatic heterocycles. The number of rotatable bonds is 48. The zero-order valence-corrected chi connectivity index (χ0v) is 42.0. The topological polar surface area (TPSA) is 78.9 Å². The van der Waals surface area contributed by atoms with E-state index in [1.54, 1.807) is 0 Å². The molecule has 1 unspecified atom stereocenters. The van der Waals surface area contributed by atoms with Gasteiger partial charge in [-0.2, -0.15) is 0 Å². The number of allylic oxidation sites excluding steroid dienone is 12. The van der Waals surface area contributed by atoms with Gasteiger partial charge in [-0.15, -0.1) is 0 Å². The van der Waals surface area contributed by atoms with Crippen molar-refractivity contribution in [2.75, 3.05) is 13.2 Å². The lowest BCUT2D eigenvalue weighted by Crippen LogP contribution is -2.30. The summed E-state index contributed by atoms with van der Waals surface area (Å²) in [6.07, 6.45) is 66.0. The fraction of sp³-hybridized carbons (Fsp3) is 0.741. The average molecular weight is 893 g/mol. The third-order valence-corrected chi connectivity index (χ3v) is 11.4. The molecular formula is C58H100O6. The van der Waals surface area contributed by atoms with Gasteiger partial charge in [0.25, 0.3) is 0 Å². The normalized spacial score (nSPS) is 12.6. The number of hydrogen-bond donors (Lipinski definition) is 0. The van der Waals surface area contributed by atoms with Gasteiger partial charge in [-0.05, 0) is 103 Å². The van der Waals surface area contributed by atoms with Crippen molar-refractivity contribution in [3.63, 3.8) is 0 Å². The molecule has 0 rings (SSSR count). The first kappa shape index (κ1) is 60.9. The summed E-state index contributed by atoms with van der Waals surface area (Å²) in [5.74, 6) is -0.905. The molecular weight excluding hydrogens is 793 g/mol. The van der Waals surface area contributed by atoms with Gasteiger partial charge < -0.3 is 14.2 Å². The van der Waals surface area contributed by atoms with E-state index in [4.69, 9.17) is 14.2 Å². The van der Waals surface area contributed by atoms with Crippen LogP contribution in [0.3, 0.4) is 0 Å². The molecule has 0 amide bonds. The fourth-order valence-corrected chi connectivity index (χ4v) is 7.43. The average Bonchev–Trinajstić information content (AvgIpc) is 3.29. The van der Waals surface area contributed by atoms with Crippen molar-refractivity contribution in [2.45, 2.75) is 264 Å². The molecule has 0 fully saturated rings. The third kappa shape index (κ3) is 49.9. The Morgan fingerprint density at radius 3 is 0.969 bits per heavy atom. The summed E-state index contributed by atoms with van der Waals surface area (Å²) in [5.41, 5.74) is 0. The second-order valence-electron chi connectivity index (χ2n) is 17.7. The highest BCUT2D eigenvalue weighted by Crippen LogP contribution is 2.15. The van der Waals surface area contributed by atoms with Gasteiger partial charge in [-0.3, -0.25) is 14.4 Å². The molecule has 0 radical (unpaired) electrons. The van der Waals surface area contributed by atoms with Crippen LogP contribution >= 0.6 is 0 Å². The molecule has 64 heavy (non-hydrogen) atoms. The maximum absolute atomic E-state index is 12.8. The highest BCUT2D eigenvalue weighted by Gasteiger charge is 2.19. The van der Waals surface area contributed by atoms with Gasteiger partial charge in [0.05, 0.1) is 0 Å². The van der Waals surface area contributed by atoms with Crippen molar-refractivity contribution in [1.29, 1.82) is 0 Å². The molecule has 0 aliphatic carbocycles. The van der Waals surface area contributed by atoms with E-state index in [0.717, 1.165) is 109 Å². The largest absolute Gasteiger partial charge is 0.462 e. The van der Waals surface area contributed by atoms with Crippen LogP contribution in [0.5, 0.6) is 0 Å². The van der Waals surface area contributed by atoms with Gasteiger partial charge in [0.1, 0.15) is 13.2 Å². The van der Waals surface area contributed by atoms with Crippen molar-refractivity contribution in [3.8, 4) is 0 Å². The SMILES string of the molecule is CC/C=C\C/C=C\C/C=C\CCCCCCCCCCCC(=O)OCC(COC(=O)CCCCCCC/C=C\C/C=C\CC)OC(=O)CCCCCCCCC/C=C\CCCCCC. The Labute approximate surface area is 395 Å². The Hall–Kier alpha value is -3.15. The maximum Gasteiger partial charge on any atom is 0.306 e. The van der Waals surface area contributed by atoms with Gasteiger partial charge in [0.15, 0.2) is 6.10 Å². The second kappa shape index (κ2) is 52.5. The van der Waals surface area contributed by atoms with Crippen molar-refractivity contribution in [1.82, 2.24) is 0 Å². The Kier molecular flexibility index (Phi) is 49.9. The first-order chi connectivity index (χ1) is 31.5. The molecule has 368 valence electrons. The molecule has 6 nitrogen and oxygen atoms in total. The summed E-state index contributed by atoms with van der Waals surface area (Å²) in [7, 11) is 0. The van der Waals surface area contributed by atoms with E-state index in [9.17, 15) is 14.4 Å². The predicted molar refractivity (Wildman–Crippen MR) is 274 cm³/mol. The third-order valence-electron chi connectivity index (χ3n) is 11.4. The summed E-state index contributed by atoms with van der Waals surface area (Å²) < 4.78 is 16.8. The monoisotopic (exact) mass is 893 g/mol. The van der Waals surface area contributed by atoms with Crippen molar-refractivity contribution >= 4 is 17.9 Å². The highest BCUT2D eigenvalue weighted by atomic mass is 16.6. The molecule has 0 aromatic rings. The Morgan fingerprint density at radius 2 is 0.609 bits per heavy atom. The summed E-state index contributed by atoms with van der Waals surface area (Å²) in [4.78, 5) is 38.0. The minimum absolute atomic E-state index is 0.0843. The van der Waals surface area contributed by atoms with Gasteiger partial charge in [0, 0.05) is 19.3 Å². The maximum atomic E-state index is 12.8. The van der Waals surface area contributed by atoms with Crippen LogP contribution in [0.2, 0.25) is 0 Å². The highest BCUT2D eigenvalue weighted by molar-refractivity contribution is 5.71. The van der Waals surface area contributed by atoms with Crippen molar-refractivity contribution in [2.24, 2.45) is 0 Å². The molecule has 0 N–H and O–H groups in total. The fourth-order valence-electron chi connectivity index (χ4n) is 7.43. The number of ether oxygens (including phenoxy) is 3. The van der Waals surface area contributed by atoms with E-state index in [0.29, 0.717) is 19.3 Å². The Bertz CT molecular complexity index is 1210. The van der Waals surface area contributed by atoms with Gasteiger partial charge in [0.2, 0.25) is 0 Å². The van der Waals surface area contributed by atoms with Crippen LogP contribution in [-0.4, -0.2) is 37.2 Å². The summed E-state index contributed by atoms with van der Waals surface area (Å²) in [6.45, 7) is 6.40. The van der Waals surface area contributed by atoms with Crippen LogP contribution in [-0.2, 0) is 28.6 Å². The standard InChI is InChI=1S/C58H100O6/c1-4-7-10-13-16-19-22-25-27-28-29-30-32-33-36-39-42-45-48-51-57(60)63-54-55(53-62-56(59)50-47-44-41-38-35-24-21-18-15-12-9-6-3)64-58(61)52-49-46-43-40-37-34-31-26-23-20-17-14-11-8-5-2/h7,9-10,12,16,18-21,23,25,27,55H,4-6,8,11,13-15,17,22,24,26,28-54H2,1-3H3/b10-7-,12-9-,19-16-,21-18-,23-20-,27-25-. The first-order valence-electron chi connectivity index (χ1n) is 26.9. The first-order valence-corrected chi connectivity index (χ1v) is 26.9. The number of hydrogen-bond acceptors (Lipinski definition) is 6. The summed E-state index contributed by atoms with van der Waals surface area (Å²) >= 11 is 0. The molecule has 0 saturated carbocycles. The van der Waals surface area contributed by atoms with Gasteiger partial charge in [-0.25, -0.2) is 0 Å². The zero-order valence-electron chi connectivity index (χ0n) is 42.0. The minimum atomic E-state index is -0.785. The minimum Gasteiger partial charge on any atom is -0.462 e. The number of unbranched alkanes of at least 4 members (excludes halogenated alkanes) is 25. The quantitative estimate of drug-likeness (QED) is 0.0262. The molecule has 0 bridgehead atoms. The second-order valence-corrected chi connectivity index (χ2v) is 17.7. The van der Waals surface area contributed by atoms with Crippen LogP contribution in [0, 0.1) is 0 Å².